The van der Waals surface area contributed by atoms with Crippen molar-refractivity contribution in [2.75, 3.05) is 44.4 Å². The first-order valence-corrected chi connectivity index (χ1v) is 7.91. The number of rotatable bonds is 9. The Bertz CT molecular complexity index is 398. The summed E-state index contributed by atoms with van der Waals surface area (Å²) in [5, 5.41) is 17.7. The SMILES string of the molecule is CCCN(CCN(C)C)c1nnc(SCC(=O)O)s1. The van der Waals surface area contributed by atoms with Crippen LogP contribution >= 0.6 is 23.1 Å². The molecule has 19 heavy (non-hydrogen) atoms. The van der Waals surface area contributed by atoms with Crippen molar-refractivity contribution in [1.29, 1.82) is 0 Å². The number of carbonyl (C=O) groups is 1. The zero-order valence-corrected chi connectivity index (χ0v) is 13.1. The van der Waals surface area contributed by atoms with Crippen LogP contribution in [0.3, 0.4) is 0 Å². The topological polar surface area (TPSA) is 69.6 Å². The van der Waals surface area contributed by atoms with E-state index in [1.54, 1.807) is 0 Å². The Hall–Kier alpha value is -0.860. The fourth-order valence-corrected chi connectivity index (χ4v) is 3.02. The lowest BCUT2D eigenvalue weighted by molar-refractivity contribution is -0.133. The molecule has 108 valence electrons. The van der Waals surface area contributed by atoms with Crippen LogP contribution in [-0.4, -0.2) is 65.7 Å². The molecule has 8 heteroatoms. The molecule has 0 saturated carbocycles. The summed E-state index contributed by atoms with van der Waals surface area (Å²) in [6, 6.07) is 0. The molecule has 1 heterocycles. The van der Waals surface area contributed by atoms with Crippen molar-refractivity contribution in [3.05, 3.63) is 0 Å². The summed E-state index contributed by atoms with van der Waals surface area (Å²) in [5.74, 6) is -0.806. The van der Waals surface area contributed by atoms with E-state index in [1.165, 1.54) is 23.1 Å². The minimum Gasteiger partial charge on any atom is -0.481 e. The van der Waals surface area contributed by atoms with Gasteiger partial charge in [0.05, 0.1) is 5.75 Å². The number of thioether (sulfide) groups is 1. The molecule has 0 aliphatic rings. The third kappa shape index (κ3) is 6.22. The van der Waals surface area contributed by atoms with Crippen molar-refractivity contribution >= 4 is 34.2 Å². The molecule has 1 rings (SSSR count). The fraction of sp³-hybridized carbons (Fsp3) is 0.727. The summed E-state index contributed by atoms with van der Waals surface area (Å²) in [5.41, 5.74) is 0. The lowest BCUT2D eigenvalue weighted by Crippen LogP contribution is -2.32. The largest absolute Gasteiger partial charge is 0.481 e. The Kier molecular flexibility index (Phi) is 7.11. The summed E-state index contributed by atoms with van der Waals surface area (Å²) in [4.78, 5) is 14.8. The highest BCUT2D eigenvalue weighted by Crippen LogP contribution is 2.27. The normalized spacial score (nSPS) is 10.9. The highest BCUT2D eigenvalue weighted by atomic mass is 32.2. The van der Waals surface area contributed by atoms with Gasteiger partial charge in [-0.3, -0.25) is 4.79 Å². The zero-order chi connectivity index (χ0) is 14.3. The average molecular weight is 304 g/mol. The van der Waals surface area contributed by atoms with Gasteiger partial charge in [-0.2, -0.15) is 0 Å². The molecule has 0 fully saturated rings. The lowest BCUT2D eigenvalue weighted by Gasteiger charge is -2.22. The maximum Gasteiger partial charge on any atom is 0.313 e. The Labute approximate surface area is 121 Å². The molecule has 0 atom stereocenters. The highest BCUT2D eigenvalue weighted by Gasteiger charge is 2.13. The van der Waals surface area contributed by atoms with E-state index in [-0.39, 0.29) is 5.75 Å². The van der Waals surface area contributed by atoms with Gasteiger partial charge in [-0.25, -0.2) is 0 Å². The molecule has 0 bridgehead atoms. The summed E-state index contributed by atoms with van der Waals surface area (Å²) >= 11 is 2.68. The first-order chi connectivity index (χ1) is 9.02. The number of likely N-dealkylation sites (N-methyl/N-ethyl adjacent to an activating group) is 1. The molecular weight excluding hydrogens is 284 g/mol. The summed E-state index contributed by atoms with van der Waals surface area (Å²) in [7, 11) is 4.08. The minimum atomic E-state index is -0.834. The first-order valence-electron chi connectivity index (χ1n) is 6.10. The minimum absolute atomic E-state index is 0.0279. The van der Waals surface area contributed by atoms with Gasteiger partial charge >= 0.3 is 5.97 Å². The van der Waals surface area contributed by atoms with Crippen LogP contribution < -0.4 is 4.90 Å². The van der Waals surface area contributed by atoms with Gasteiger partial charge in [0.15, 0.2) is 4.34 Å². The van der Waals surface area contributed by atoms with Crippen LogP contribution in [0.25, 0.3) is 0 Å². The van der Waals surface area contributed by atoms with E-state index in [2.05, 4.69) is 26.9 Å². The standard InChI is InChI=1S/C11H20N4O2S2/c1-4-5-15(7-6-14(2)3)10-12-13-11(19-10)18-8-9(16)17/h4-8H2,1-3H3,(H,16,17). The van der Waals surface area contributed by atoms with E-state index in [0.717, 1.165) is 31.2 Å². The number of carboxylic acids is 1. The van der Waals surface area contributed by atoms with Crippen LogP contribution in [0.2, 0.25) is 0 Å². The van der Waals surface area contributed by atoms with Gasteiger partial charge in [0.2, 0.25) is 5.13 Å². The number of anilines is 1. The van der Waals surface area contributed by atoms with Crippen LogP contribution in [0.4, 0.5) is 5.13 Å². The van der Waals surface area contributed by atoms with Crippen LogP contribution in [0, 0.1) is 0 Å². The van der Waals surface area contributed by atoms with Gasteiger partial charge in [-0.15, -0.1) is 10.2 Å². The van der Waals surface area contributed by atoms with E-state index >= 15 is 0 Å². The second kappa shape index (κ2) is 8.34. The smallest absolute Gasteiger partial charge is 0.313 e. The average Bonchev–Trinajstić information content (AvgIpc) is 2.80. The zero-order valence-electron chi connectivity index (χ0n) is 11.5. The number of carboxylic acid groups (broad SMARTS) is 1. The molecule has 0 aliphatic carbocycles. The van der Waals surface area contributed by atoms with E-state index in [0.29, 0.717) is 4.34 Å². The number of aromatic nitrogens is 2. The molecule has 1 N–H and O–H groups in total. The summed E-state index contributed by atoms with van der Waals surface area (Å²) in [6.07, 6.45) is 1.05. The molecule has 0 aromatic carbocycles. The molecule has 0 radical (unpaired) electrons. The molecule has 0 unspecified atom stereocenters. The third-order valence-corrected chi connectivity index (χ3v) is 4.40. The van der Waals surface area contributed by atoms with Crippen molar-refractivity contribution < 1.29 is 9.90 Å². The van der Waals surface area contributed by atoms with E-state index < -0.39 is 5.97 Å². The first kappa shape index (κ1) is 16.2. The van der Waals surface area contributed by atoms with Gasteiger partial charge in [-0.05, 0) is 20.5 Å². The molecule has 1 aromatic heterocycles. The van der Waals surface area contributed by atoms with E-state index in [1.807, 2.05) is 14.1 Å². The maximum atomic E-state index is 10.5. The van der Waals surface area contributed by atoms with Crippen molar-refractivity contribution in [2.45, 2.75) is 17.7 Å². The summed E-state index contributed by atoms with van der Waals surface area (Å²) in [6.45, 7) is 4.92. The number of hydrogen-bond acceptors (Lipinski definition) is 7. The second-order valence-electron chi connectivity index (χ2n) is 4.32. The van der Waals surface area contributed by atoms with Crippen LogP contribution in [-0.2, 0) is 4.79 Å². The Morgan fingerprint density at radius 3 is 2.63 bits per heavy atom. The number of hydrogen-bond donors (Lipinski definition) is 1. The monoisotopic (exact) mass is 304 g/mol. The van der Waals surface area contributed by atoms with Crippen molar-refractivity contribution in [1.82, 2.24) is 15.1 Å². The Morgan fingerprint density at radius 1 is 1.32 bits per heavy atom. The van der Waals surface area contributed by atoms with Crippen molar-refractivity contribution in [2.24, 2.45) is 0 Å². The van der Waals surface area contributed by atoms with Gasteiger partial charge in [0.1, 0.15) is 0 Å². The van der Waals surface area contributed by atoms with Gasteiger partial charge in [0.25, 0.3) is 0 Å². The molecule has 0 aliphatic heterocycles. The van der Waals surface area contributed by atoms with Crippen LogP contribution in [0.1, 0.15) is 13.3 Å². The summed E-state index contributed by atoms with van der Waals surface area (Å²) < 4.78 is 0.711. The molecule has 0 amide bonds. The van der Waals surface area contributed by atoms with E-state index in [4.69, 9.17) is 5.11 Å². The Morgan fingerprint density at radius 2 is 2.05 bits per heavy atom. The highest BCUT2D eigenvalue weighted by molar-refractivity contribution is 8.01. The number of nitrogens with zero attached hydrogens (tertiary/aromatic N) is 4. The molecule has 6 nitrogen and oxygen atoms in total. The molecule has 1 aromatic rings. The predicted octanol–water partition coefficient (Wildman–Crippen LogP) is 1.49. The Balaban J connectivity index is 2.60. The van der Waals surface area contributed by atoms with Crippen molar-refractivity contribution in [3.8, 4) is 0 Å². The lowest BCUT2D eigenvalue weighted by atomic mass is 10.4. The third-order valence-electron chi connectivity index (χ3n) is 2.30. The molecule has 0 spiro atoms. The second-order valence-corrected chi connectivity index (χ2v) is 6.50. The van der Waals surface area contributed by atoms with Crippen LogP contribution in [0.5, 0.6) is 0 Å². The van der Waals surface area contributed by atoms with Gasteiger partial charge < -0.3 is 14.9 Å². The quantitative estimate of drug-likeness (QED) is 0.693. The van der Waals surface area contributed by atoms with Gasteiger partial charge in [-0.1, -0.05) is 30.0 Å². The predicted molar refractivity (Wildman–Crippen MR) is 79.3 cm³/mol. The molecule has 0 saturated heterocycles. The fourth-order valence-electron chi connectivity index (χ4n) is 1.41. The van der Waals surface area contributed by atoms with E-state index in [9.17, 15) is 4.79 Å². The molecular formula is C11H20N4O2S2. The maximum absolute atomic E-state index is 10.5. The van der Waals surface area contributed by atoms with Gasteiger partial charge in [0, 0.05) is 19.6 Å². The van der Waals surface area contributed by atoms with Crippen LogP contribution in [0.15, 0.2) is 4.34 Å². The van der Waals surface area contributed by atoms with Crippen molar-refractivity contribution in [3.63, 3.8) is 0 Å². The number of aliphatic carboxylic acids is 1.